The Morgan fingerprint density at radius 3 is 2.61 bits per heavy atom. The van der Waals surface area contributed by atoms with Gasteiger partial charge in [-0.3, -0.25) is 0 Å². The van der Waals surface area contributed by atoms with Gasteiger partial charge in [0.15, 0.2) is 0 Å². The minimum absolute atomic E-state index is 0.685. The van der Waals surface area contributed by atoms with Gasteiger partial charge in [0.2, 0.25) is 0 Å². The van der Waals surface area contributed by atoms with E-state index in [4.69, 9.17) is 10.5 Å². The van der Waals surface area contributed by atoms with E-state index in [2.05, 4.69) is 41.4 Å². The van der Waals surface area contributed by atoms with Crippen molar-refractivity contribution in [1.82, 2.24) is 4.98 Å². The van der Waals surface area contributed by atoms with Crippen LogP contribution in [0, 0.1) is 0 Å². The first-order valence-electron chi connectivity index (χ1n) is 8.36. The first-order valence-corrected chi connectivity index (χ1v) is 8.36. The van der Waals surface area contributed by atoms with Crippen molar-refractivity contribution in [3.63, 3.8) is 0 Å². The van der Waals surface area contributed by atoms with E-state index in [0.29, 0.717) is 6.61 Å². The molecule has 0 bridgehead atoms. The molecular weight excluding hydrogens is 284 g/mol. The van der Waals surface area contributed by atoms with Gasteiger partial charge in [-0.1, -0.05) is 30.3 Å². The Hall–Kier alpha value is -2.26. The highest BCUT2D eigenvalue weighted by Crippen LogP contribution is 2.33. The molecular formula is C20H24N2O. The predicted molar refractivity (Wildman–Crippen MR) is 96.9 cm³/mol. The van der Waals surface area contributed by atoms with Gasteiger partial charge < -0.3 is 15.5 Å². The minimum atomic E-state index is 0.685. The standard InChI is InChI=1S/C20H24N2O/c1-2-23-16-11-12-19-18(14-16)17(10-6-7-13-21)20(22-19)15-8-4-3-5-9-15/h3-5,8-9,11-12,14,22H,2,6-7,10,13,21H2,1H3. The summed E-state index contributed by atoms with van der Waals surface area (Å²) in [5.41, 5.74) is 10.6. The quantitative estimate of drug-likeness (QED) is 0.631. The number of aromatic nitrogens is 1. The van der Waals surface area contributed by atoms with Crippen LogP contribution < -0.4 is 10.5 Å². The Labute approximate surface area is 137 Å². The zero-order valence-electron chi connectivity index (χ0n) is 13.6. The first-order chi connectivity index (χ1) is 11.3. The maximum absolute atomic E-state index is 5.68. The van der Waals surface area contributed by atoms with Crippen molar-refractivity contribution < 1.29 is 4.74 Å². The first kappa shape index (κ1) is 15.6. The van der Waals surface area contributed by atoms with Crippen molar-refractivity contribution in [3.8, 4) is 17.0 Å². The fourth-order valence-corrected chi connectivity index (χ4v) is 3.04. The Morgan fingerprint density at radius 2 is 1.87 bits per heavy atom. The molecule has 0 fully saturated rings. The number of hydrogen-bond acceptors (Lipinski definition) is 2. The highest BCUT2D eigenvalue weighted by Gasteiger charge is 2.13. The number of nitrogens with one attached hydrogen (secondary N) is 1. The third kappa shape index (κ3) is 3.40. The Bertz CT molecular complexity index is 762. The highest BCUT2D eigenvalue weighted by molar-refractivity contribution is 5.91. The van der Waals surface area contributed by atoms with E-state index in [1.165, 1.54) is 22.2 Å². The molecule has 23 heavy (non-hydrogen) atoms. The topological polar surface area (TPSA) is 51.0 Å². The second-order valence-electron chi connectivity index (χ2n) is 5.73. The van der Waals surface area contributed by atoms with Gasteiger partial charge in [0.25, 0.3) is 0 Å². The smallest absolute Gasteiger partial charge is 0.120 e. The second kappa shape index (κ2) is 7.34. The Morgan fingerprint density at radius 1 is 1.04 bits per heavy atom. The van der Waals surface area contributed by atoms with Crippen LogP contribution in [0.1, 0.15) is 25.3 Å². The summed E-state index contributed by atoms with van der Waals surface area (Å²) >= 11 is 0. The normalized spacial score (nSPS) is 11.0. The summed E-state index contributed by atoms with van der Waals surface area (Å²) in [6, 6.07) is 16.8. The second-order valence-corrected chi connectivity index (χ2v) is 5.73. The van der Waals surface area contributed by atoms with Gasteiger partial charge in [-0.15, -0.1) is 0 Å². The van der Waals surface area contributed by atoms with Crippen molar-refractivity contribution in [3.05, 3.63) is 54.1 Å². The number of nitrogens with two attached hydrogens (primary N) is 1. The van der Waals surface area contributed by atoms with Gasteiger partial charge in [0, 0.05) is 16.6 Å². The fraction of sp³-hybridized carbons (Fsp3) is 0.300. The maximum Gasteiger partial charge on any atom is 0.120 e. The van der Waals surface area contributed by atoms with E-state index in [0.717, 1.165) is 37.1 Å². The molecule has 0 saturated heterocycles. The van der Waals surface area contributed by atoms with Crippen LogP contribution >= 0.6 is 0 Å². The lowest BCUT2D eigenvalue weighted by Gasteiger charge is -2.06. The SMILES string of the molecule is CCOc1ccc2[nH]c(-c3ccccc3)c(CCCCN)c2c1. The van der Waals surface area contributed by atoms with Gasteiger partial charge in [-0.25, -0.2) is 0 Å². The lowest BCUT2D eigenvalue weighted by molar-refractivity contribution is 0.340. The number of hydrogen-bond donors (Lipinski definition) is 2. The summed E-state index contributed by atoms with van der Waals surface area (Å²) in [6.45, 7) is 3.44. The number of H-pyrrole nitrogens is 1. The van der Waals surface area contributed by atoms with Crippen molar-refractivity contribution in [2.75, 3.05) is 13.2 Å². The molecule has 3 N–H and O–H groups in total. The zero-order valence-corrected chi connectivity index (χ0v) is 13.6. The summed E-state index contributed by atoms with van der Waals surface area (Å²) in [6.07, 6.45) is 3.17. The highest BCUT2D eigenvalue weighted by atomic mass is 16.5. The van der Waals surface area contributed by atoms with Crippen LogP contribution in [0.5, 0.6) is 5.75 Å². The van der Waals surface area contributed by atoms with Crippen LogP contribution in [-0.4, -0.2) is 18.1 Å². The van der Waals surface area contributed by atoms with Gasteiger partial charge in [-0.05, 0) is 62.1 Å². The number of unbranched alkanes of at least 4 members (excludes halogenated alkanes) is 1. The monoisotopic (exact) mass is 308 g/mol. The fourth-order valence-electron chi connectivity index (χ4n) is 3.04. The molecule has 1 heterocycles. The van der Waals surface area contributed by atoms with E-state index in [1.807, 2.05) is 19.1 Å². The Balaban J connectivity index is 2.08. The van der Waals surface area contributed by atoms with Crippen molar-refractivity contribution in [2.24, 2.45) is 5.73 Å². The summed E-state index contributed by atoms with van der Waals surface area (Å²) in [5.74, 6) is 0.929. The summed E-state index contributed by atoms with van der Waals surface area (Å²) in [4.78, 5) is 3.59. The largest absolute Gasteiger partial charge is 0.494 e. The molecule has 0 aliphatic carbocycles. The van der Waals surface area contributed by atoms with Gasteiger partial charge in [0.05, 0.1) is 6.61 Å². The molecule has 1 aromatic heterocycles. The molecule has 3 aromatic rings. The average Bonchev–Trinajstić information content (AvgIpc) is 2.94. The van der Waals surface area contributed by atoms with Crippen LogP contribution in [0.15, 0.2) is 48.5 Å². The predicted octanol–water partition coefficient (Wildman–Crippen LogP) is 4.52. The molecule has 0 radical (unpaired) electrons. The lowest BCUT2D eigenvalue weighted by Crippen LogP contribution is -1.99. The summed E-state index contributed by atoms with van der Waals surface area (Å²) in [7, 11) is 0. The molecule has 0 atom stereocenters. The van der Waals surface area contributed by atoms with Gasteiger partial charge >= 0.3 is 0 Å². The molecule has 2 aromatic carbocycles. The summed E-state index contributed by atoms with van der Waals surface area (Å²) in [5, 5.41) is 1.26. The van der Waals surface area contributed by atoms with Gasteiger partial charge in [0.1, 0.15) is 5.75 Å². The van der Waals surface area contributed by atoms with Gasteiger partial charge in [-0.2, -0.15) is 0 Å². The zero-order chi connectivity index (χ0) is 16.1. The third-order valence-corrected chi connectivity index (χ3v) is 4.13. The van der Waals surface area contributed by atoms with E-state index in [-0.39, 0.29) is 0 Å². The third-order valence-electron chi connectivity index (χ3n) is 4.13. The Kier molecular flexibility index (Phi) is 4.99. The molecule has 0 aliphatic heterocycles. The van der Waals surface area contributed by atoms with Crippen molar-refractivity contribution in [2.45, 2.75) is 26.2 Å². The number of fused-ring (bicyclic) bond motifs is 1. The minimum Gasteiger partial charge on any atom is -0.494 e. The lowest BCUT2D eigenvalue weighted by atomic mass is 10.0. The number of ether oxygens (including phenoxy) is 1. The average molecular weight is 308 g/mol. The number of aromatic amines is 1. The van der Waals surface area contributed by atoms with E-state index in [9.17, 15) is 0 Å². The maximum atomic E-state index is 5.68. The van der Waals surface area contributed by atoms with Crippen LogP contribution in [0.25, 0.3) is 22.2 Å². The van der Waals surface area contributed by atoms with Crippen LogP contribution in [-0.2, 0) is 6.42 Å². The molecule has 120 valence electrons. The van der Waals surface area contributed by atoms with Crippen LogP contribution in [0.2, 0.25) is 0 Å². The molecule has 3 heteroatoms. The molecule has 0 saturated carbocycles. The number of benzene rings is 2. The van der Waals surface area contributed by atoms with Crippen molar-refractivity contribution in [1.29, 1.82) is 0 Å². The number of rotatable bonds is 7. The van der Waals surface area contributed by atoms with Crippen LogP contribution in [0.3, 0.4) is 0 Å². The number of aryl methyl sites for hydroxylation is 1. The van der Waals surface area contributed by atoms with E-state index in [1.54, 1.807) is 0 Å². The molecule has 0 unspecified atom stereocenters. The molecule has 3 nitrogen and oxygen atoms in total. The molecule has 0 aliphatic rings. The van der Waals surface area contributed by atoms with E-state index < -0.39 is 0 Å². The van der Waals surface area contributed by atoms with Crippen molar-refractivity contribution >= 4 is 10.9 Å². The molecule has 3 rings (SSSR count). The van der Waals surface area contributed by atoms with E-state index >= 15 is 0 Å². The summed E-state index contributed by atoms with van der Waals surface area (Å²) < 4.78 is 5.68. The molecule has 0 amide bonds. The molecule has 0 spiro atoms. The van der Waals surface area contributed by atoms with Crippen LogP contribution in [0.4, 0.5) is 0 Å².